The van der Waals surface area contributed by atoms with Gasteiger partial charge in [0, 0.05) is 30.3 Å². The third-order valence-corrected chi connectivity index (χ3v) is 11.3. The number of nitrogens with zero attached hydrogens (tertiary/aromatic N) is 2. The third-order valence-electron chi connectivity index (χ3n) is 11.3. The lowest BCUT2D eigenvalue weighted by atomic mass is 9.66. The summed E-state index contributed by atoms with van der Waals surface area (Å²) in [5, 5.41) is 0. The fraction of sp³-hybridized carbons (Fsp3) is 0.681. The number of hydrogen-bond donors (Lipinski definition) is 0. The molecule has 0 aliphatic carbocycles. The number of hydrogen-bond acceptors (Lipinski definition) is 1. The highest BCUT2D eigenvalue weighted by molar-refractivity contribution is 5.33. The van der Waals surface area contributed by atoms with Gasteiger partial charge in [0.15, 0.2) is 0 Å². The van der Waals surface area contributed by atoms with Crippen LogP contribution in [0.2, 0.25) is 0 Å². The molecule has 2 heteroatoms. The van der Waals surface area contributed by atoms with E-state index < -0.39 is 0 Å². The molecule has 0 amide bonds. The Balaban J connectivity index is 1.56. The number of rotatable bonds is 31. The molecule has 0 radical (unpaired) electrons. The molecule has 0 saturated carbocycles. The number of aryl methyl sites for hydroxylation is 1. The van der Waals surface area contributed by atoms with Gasteiger partial charge < -0.3 is 4.57 Å². The van der Waals surface area contributed by atoms with Crippen molar-refractivity contribution in [2.45, 2.75) is 206 Å². The van der Waals surface area contributed by atoms with Gasteiger partial charge in [-0.3, -0.25) is 0 Å². The summed E-state index contributed by atoms with van der Waals surface area (Å²) in [6.07, 6.45) is 40.0. The first-order valence-corrected chi connectivity index (χ1v) is 21.3. The van der Waals surface area contributed by atoms with E-state index in [9.17, 15) is 0 Å². The monoisotopic (exact) mass is 669 g/mol. The first kappa shape index (κ1) is 41.1. The molecule has 2 nitrogen and oxygen atoms in total. The highest BCUT2D eigenvalue weighted by atomic mass is 15.1. The summed E-state index contributed by atoms with van der Waals surface area (Å²) in [6, 6.07) is 22.6. The van der Waals surface area contributed by atoms with Gasteiger partial charge in [0.05, 0.1) is 0 Å². The van der Waals surface area contributed by atoms with Gasteiger partial charge in [0.1, 0.15) is 5.82 Å². The van der Waals surface area contributed by atoms with E-state index in [-0.39, 0.29) is 5.41 Å². The maximum Gasteiger partial charge on any atom is 0.112 e. The minimum Gasteiger partial charge on any atom is -0.335 e. The van der Waals surface area contributed by atoms with Gasteiger partial charge in [-0.05, 0) is 30.4 Å². The maximum absolute atomic E-state index is 5.16. The number of aromatic nitrogens is 2. The molecule has 3 aromatic rings. The Morgan fingerprint density at radius 2 is 0.959 bits per heavy atom. The van der Waals surface area contributed by atoms with Crippen molar-refractivity contribution in [1.29, 1.82) is 0 Å². The second kappa shape index (κ2) is 26.5. The molecule has 0 fully saturated rings. The second-order valence-electron chi connectivity index (χ2n) is 15.5. The van der Waals surface area contributed by atoms with Gasteiger partial charge >= 0.3 is 0 Å². The summed E-state index contributed by atoms with van der Waals surface area (Å²) >= 11 is 0. The van der Waals surface area contributed by atoms with Crippen LogP contribution in [0.15, 0.2) is 73.1 Å². The van der Waals surface area contributed by atoms with E-state index in [4.69, 9.17) is 4.98 Å². The quantitative estimate of drug-likeness (QED) is 0.0624. The molecule has 2 aromatic carbocycles. The van der Waals surface area contributed by atoms with E-state index >= 15 is 0 Å². The van der Waals surface area contributed by atoms with Crippen LogP contribution in [0.1, 0.15) is 204 Å². The zero-order chi connectivity index (χ0) is 34.7. The first-order chi connectivity index (χ1) is 24.2. The van der Waals surface area contributed by atoms with Gasteiger partial charge in [-0.25, -0.2) is 4.98 Å². The lowest BCUT2D eigenvalue weighted by Gasteiger charge is -2.39. The largest absolute Gasteiger partial charge is 0.335 e. The Labute approximate surface area is 304 Å². The van der Waals surface area contributed by atoms with Gasteiger partial charge in [0.25, 0.3) is 0 Å². The molecule has 0 spiro atoms. The van der Waals surface area contributed by atoms with Crippen molar-refractivity contribution in [2.75, 3.05) is 0 Å². The van der Waals surface area contributed by atoms with Gasteiger partial charge in [-0.15, -0.1) is 0 Å². The van der Waals surface area contributed by atoms with E-state index in [2.05, 4.69) is 98.4 Å². The Morgan fingerprint density at radius 3 is 1.45 bits per heavy atom. The normalized spacial score (nSPS) is 13.4. The number of imidazole rings is 1. The van der Waals surface area contributed by atoms with Crippen molar-refractivity contribution in [3.05, 3.63) is 90.0 Å². The lowest BCUT2D eigenvalue weighted by Crippen LogP contribution is -2.35. The molecule has 0 aliphatic rings. The van der Waals surface area contributed by atoms with Gasteiger partial charge in [-0.1, -0.05) is 229 Å². The smallest absolute Gasteiger partial charge is 0.112 e. The van der Waals surface area contributed by atoms with E-state index in [0.29, 0.717) is 5.92 Å². The van der Waals surface area contributed by atoms with E-state index in [1.165, 1.54) is 177 Å². The van der Waals surface area contributed by atoms with Crippen LogP contribution < -0.4 is 0 Å². The van der Waals surface area contributed by atoms with Crippen molar-refractivity contribution in [1.82, 2.24) is 9.55 Å². The summed E-state index contributed by atoms with van der Waals surface area (Å²) in [4.78, 5) is 5.16. The standard InChI is InChI=1S/C47H76N2/c1-4-6-8-10-12-14-16-17-18-19-21-23-25-33-40-49-41-39-48-46(49)45(38-32-24-22-20-15-13-11-9-7-5-2)47(3,44-36-30-27-31-37-44)42-43-34-28-26-29-35-43/h26-31,34-37,39,41,45H,4-25,32-33,38,40,42H2,1-3H3. The van der Waals surface area contributed by atoms with Crippen molar-refractivity contribution in [3.8, 4) is 0 Å². The fourth-order valence-electron chi connectivity index (χ4n) is 8.13. The predicted molar refractivity (Wildman–Crippen MR) is 216 cm³/mol. The molecular formula is C47H76N2. The van der Waals surface area contributed by atoms with E-state index in [1.54, 1.807) is 0 Å². The average molecular weight is 669 g/mol. The molecule has 3 rings (SSSR count). The molecule has 2 atom stereocenters. The van der Waals surface area contributed by atoms with Crippen LogP contribution in [0.5, 0.6) is 0 Å². The highest BCUT2D eigenvalue weighted by Crippen LogP contribution is 2.44. The Kier molecular flexibility index (Phi) is 22.2. The summed E-state index contributed by atoms with van der Waals surface area (Å²) in [5.74, 6) is 1.69. The molecule has 0 aliphatic heterocycles. The van der Waals surface area contributed by atoms with Crippen LogP contribution in [0.25, 0.3) is 0 Å². The second-order valence-corrected chi connectivity index (χ2v) is 15.5. The Morgan fingerprint density at radius 1 is 0.531 bits per heavy atom. The topological polar surface area (TPSA) is 17.8 Å². The summed E-state index contributed by atoms with van der Waals surface area (Å²) in [5.41, 5.74) is 2.84. The highest BCUT2D eigenvalue weighted by Gasteiger charge is 2.39. The molecule has 0 N–H and O–H groups in total. The minimum atomic E-state index is -0.0273. The van der Waals surface area contributed by atoms with Crippen LogP contribution in [0.3, 0.4) is 0 Å². The first-order valence-electron chi connectivity index (χ1n) is 21.3. The molecule has 49 heavy (non-hydrogen) atoms. The molecule has 1 aromatic heterocycles. The van der Waals surface area contributed by atoms with Crippen molar-refractivity contribution in [2.24, 2.45) is 0 Å². The molecule has 0 bridgehead atoms. The zero-order valence-corrected chi connectivity index (χ0v) is 32.5. The molecule has 0 saturated heterocycles. The van der Waals surface area contributed by atoms with Crippen LogP contribution in [0.4, 0.5) is 0 Å². The third kappa shape index (κ3) is 16.5. The molecular weight excluding hydrogens is 593 g/mol. The van der Waals surface area contributed by atoms with Crippen LogP contribution in [-0.2, 0) is 18.4 Å². The summed E-state index contributed by atoms with van der Waals surface area (Å²) in [6.45, 7) is 8.24. The molecule has 274 valence electrons. The van der Waals surface area contributed by atoms with E-state index in [0.717, 1.165) is 13.0 Å². The molecule has 1 heterocycles. The van der Waals surface area contributed by atoms with Crippen molar-refractivity contribution >= 4 is 0 Å². The van der Waals surface area contributed by atoms with Crippen molar-refractivity contribution in [3.63, 3.8) is 0 Å². The SMILES string of the molecule is CCCCCCCCCCCCCCCCn1ccnc1C(CCCCCCCCCCCC)C(C)(Cc1ccccc1)c1ccccc1. The summed E-state index contributed by atoms with van der Waals surface area (Å²) in [7, 11) is 0. The maximum atomic E-state index is 5.16. The lowest BCUT2D eigenvalue weighted by molar-refractivity contribution is 0.321. The fourth-order valence-corrected chi connectivity index (χ4v) is 8.13. The predicted octanol–water partition coefficient (Wildman–Crippen LogP) is 15.0. The van der Waals surface area contributed by atoms with Crippen LogP contribution in [0, 0.1) is 0 Å². The van der Waals surface area contributed by atoms with Gasteiger partial charge in [0.2, 0.25) is 0 Å². The van der Waals surface area contributed by atoms with E-state index in [1.807, 2.05) is 0 Å². The summed E-state index contributed by atoms with van der Waals surface area (Å²) < 4.78 is 2.54. The zero-order valence-electron chi connectivity index (χ0n) is 32.5. The van der Waals surface area contributed by atoms with Crippen LogP contribution >= 0.6 is 0 Å². The van der Waals surface area contributed by atoms with Crippen LogP contribution in [-0.4, -0.2) is 9.55 Å². The number of benzene rings is 2. The average Bonchev–Trinajstić information content (AvgIpc) is 3.59. The molecule has 2 unspecified atom stereocenters. The Hall–Kier alpha value is -2.35. The van der Waals surface area contributed by atoms with Crippen molar-refractivity contribution < 1.29 is 0 Å². The Bertz CT molecular complexity index is 1150. The van der Waals surface area contributed by atoms with Gasteiger partial charge in [-0.2, -0.15) is 0 Å². The number of unbranched alkanes of at least 4 members (excludes halogenated alkanes) is 22. The minimum absolute atomic E-state index is 0.0273.